The Labute approximate surface area is 119 Å². The van der Waals surface area contributed by atoms with Crippen LogP contribution in [0.5, 0.6) is 5.75 Å². The molecule has 0 aliphatic rings. The van der Waals surface area contributed by atoms with Gasteiger partial charge in [-0.1, -0.05) is 18.2 Å². The van der Waals surface area contributed by atoms with Crippen LogP contribution < -0.4 is 10.1 Å². The molecule has 0 saturated carbocycles. The first-order valence-corrected chi connectivity index (χ1v) is 6.70. The molecule has 1 atom stereocenters. The fraction of sp³-hybridized carbons (Fsp3) is 0.294. The largest absolute Gasteiger partial charge is 0.497 e. The van der Waals surface area contributed by atoms with Crippen LogP contribution in [0.3, 0.4) is 0 Å². The Morgan fingerprint density at radius 2 is 1.85 bits per heavy atom. The number of ether oxygens (including phenoxy) is 1. The summed E-state index contributed by atoms with van der Waals surface area (Å²) in [6.45, 7) is 2.08. The highest BCUT2D eigenvalue weighted by Crippen LogP contribution is 2.25. The van der Waals surface area contributed by atoms with Crippen molar-refractivity contribution in [1.29, 1.82) is 0 Å². The average Bonchev–Trinajstić information content (AvgIpc) is 2.47. The third kappa shape index (κ3) is 3.36. The van der Waals surface area contributed by atoms with Crippen LogP contribution in [-0.2, 0) is 6.42 Å². The summed E-state index contributed by atoms with van der Waals surface area (Å²) in [5.74, 6) is 0.665. The van der Waals surface area contributed by atoms with E-state index in [1.165, 1.54) is 23.3 Å². The van der Waals surface area contributed by atoms with Gasteiger partial charge in [-0.15, -0.1) is 0 Å². The van der Waals surface area contributed by atoms with Crippen LogP contribution in [0.25, 0.3) is 0 Å². The minimum absolute atomic E-state index is 0.199. The number of nitrogens with one attached hydrogen (secondary N) is 1. The van der Waals surface area contributed by atoms with Crippen molar-refractivity contribution in [3.05, 3.63) is 65.0 Å². The zero-order valence-electron chi connectivity index (χ0n) is 12.1. The van der Waals surface area contributed by atoms with Gasteiger partial charge in [0.1, 0.15) is 11.6 Å². The third-order valence-electron chi connectivity index (χ3n) is 3.55. The van der Waals surface area contributed by atoms with Crippen molar-refractivity contribution < 1.29 is 9.13 Å². The van der Waals surface area contributed by atoms with Gasteiger partial charge in [0.2, 0.25) is 0 Å². The number of hydrogen-bond donors (Lipinski definition) is 1. The average molecular weight is 273 g/mol. The standard InChI is InChI=1S/C17H20FNO/c1-12-10-15(20-3)8-9-16(12)17(19-2)11-13-4-6-14(18)7-5-13/h4-10,17,19H,11H2,1-3H3. The normalized spacial score (nSPS) is 12.2. The molecule has 1 N–H and O–H groups in total. The van der Waals surface area contributed by atoms with Crippen molar-refractivity contribution in [3.8, 4) is 5.75 Å². The number of likely N-dealkylation sites (N-methyl/N-ethyl adjacent to an activating group) is 1. The molecule has 0 aromatic heterocycles. The highest BCUT2D eigenvalue weighted by Gasteiger charge is 2.13. The number of methoxy groups -OCH3 is 1. The summed E-state index contributed by atoms with van der Waals surface area (Å²) in [5.41, 5.74) is 3.53. The molecule has 2 rings (SSSR count). The molecule has 1 unspecified atom stereocenters. The van der Waals surface area contributed by atoms with Gasteiger partial charge < -0.3 is 10.1 Å². The third-order valence-corrected chi connectivity index (χ3v) is 3.55. The maximum absolute atomic E-state index is 12.9. The number of halogens is 1. The lowest BCUT2D eigenvalue weighted by atomic mass is 9.95. The predicted molar refractivity (Wildman–Crippen MR) is 79.6 cm³/mol. The van der Waals surface area contributed by atoms with Crippen LogP contribution in [0.2, 0.25) is 0 Å². The highest BCUT2D eigenvalue weighted by atomic mass is 19.1. The molecule has 0 aliphatic heterocycles. The van der Waals surface area contributed by atoms with Crippen LogP contribution in [0.15, 0.2) is 42.5 Å². The van der Waals surface area contributed by atoms with Gasteiger partial charge >= 0.3 is 0 Å². The van der Waals surface area contributed by atoms with Crippen molar-refractivity contribution >= 4 is 0 Å². The molecule has 0 radical (unpaired) electrons. The van der Waals surface area contributed by atoms with Crippen LogP contribution in [0, 0.1) is 12.7 Å². The topological polar surface area (TPSA) is 21.3 Å². The summed E-state index contributed by atoms with van der Waals surface area (Å²) in [5, 5.41) is 3.33. The van der Waals surface area contributed by atoms with E-state index < -0.39 is 0 Å². The quantitative estimate of drug-likeness (QED) is 0.898. The van der Waals surface area contributed by atoms with Gasteiger partial charge in [0.05, 0.1) is 7.11 Å². The lowest BCUT2D eigenvalue weighted by Crippen LogP contribution is -2.19. The number of rotatable bonds is 5. The molecule has 0 fully saturated rings. The second-order valence-electron chi connectivity index (χ2n) is 4.89. The van der Waals surface area contributed by atoms with E-state index in [4.69, 9.17) is 4.74 Å². The highest BCUT2D eigenvalue weighted by molar-refractivity contribution is 5.37. The van der Waals surface area contributed by atoms with Gasteiger partial charge in [-0.3, -0.25) is 0 Å². The smallest absolute Gasteiger partial charge is 0.123 e. The minimum Gasteiger partial charge on any atom is -0.497 e. The van der Waals surface area contributed by atoms with Gasteiger partial charge in [-0.05, 0) is 61.3 Å². The molecule has 0 saturated heterocycles. The predicted octanol–water partition coefficient (Wildman–Crippen LogP) is 3.65. The Bertz CT molecular complexity index is 566. The Morgan fingerprint density at radius 3 is 2.40 bits per heavy atom. The van der Waals surface area contributed by atoms with E-state index in [2.05, 4.69) is 18.3 Å². The lowest BCUT2D eigenvalue weighted by molar-refractivity contribution is 0.414. The Hall–Kier alpha value is -1.87. The molecular formula is C17H20FNO. The molecule has 0 heterocycles. The first-order valence-electron chi connectivity index (χ1n) is 6.70. The molecule has 0 bridgehead atoms. The van der Waals surface area contributed by atoms with E-state index in [1.807, 2.05) is 31.3 Å². The minimum atomic E-state index is -0.199. The van der Waals surface area contributed by atoms with E-state index >= 15 is 0 Å². The Morgan fingerprint density at radius 1 is 1.15 bits per heavy atom. The summed E-state index contributed by atoms with van der Waals surface area (Å²) in [4.78, 5) is 0. The second kappa shape index (κ2) is 6.53. The van der Waals surface area contributed by atoms with Gasteiger partial charge in [0, 0.05) is 6.04 Å². The molecule has 0 aliphatic carbocycles. The van der Waals surface area contributed by atoms with E-state index in [0.29, 0.717) is 0 Å². The molecule has 0 amide bonds. The van der Waals surface area contributed by atoms with Gasteiger partial charge in [0.15, 0.2) is 0 Å². The number of aryl methyl sites for hydroxylation is 1. The fourth-order valence-corrected chi connectivity index (χ4v) is 2.39. The number of benzene rings is 2. The molecule has 2 aromatic carbocycles. The summed E-state index contributed by atoms with van der Waals surface area (Å²) in [7, 11) is 3.61. The van der Waals surface area contributed by atoms with Gasteiger partial charge in [-0.25, -0.2) is 4.39 Å². The summed E-state index contributed by atoms with van der Waals surface area (Å²) in [6.07, 6.45) is 0.823. The second-order valence-corrected chi connectivity index (χ2v) is 4.89. The van der Waals surface area contributed by atoms with E-state index in [9.17, 15) is 4.39 Å². The summed E-state index contributed by atoms with van der Waals surface area (Å²) >= 11 is 0. The molecule has 0 spiro atoms. The summed E-state index contributed by atoms with van der Waals surface area (Å²) < 4.78 is 18.2. The Kier molecular flexibility index (Phi) is 4.74. The molecule has 3 heteroatoms. The van der Waals surface area contributed by atoms with Gasteiger partial charge in [-0.2, -0.15) is 0 Å². The monoisotopic (exact) mass is 273 g/mol. The maximum Gasteiger partial charge on any atom is 0.123 e. The molecular weight excluding hydrogens is 253 g/mol. The van der Waals surface area contributed by atoms with Crippen LogP contribution >= 0.6 is 0 Å². The zero-order valence-corrected chi connectivity index (χ0v) is 12.1. The van der Waals surface area contributed by atoms with E-state index in [0.717, 1.165) is 17.7 Å². The van der Waals surface area contributed by atoms with Crippen LogP contribution in [-0.4, -0.2) is 14.2 Å². The van der Waals surface area contributed by atoms with Crippen LogP contribution in [0.4, 0.5) is 4.39 Å². The van der Waals surface area contributed by atoms with E-state index in [1.54, 1.807) is 7.11 Å². The summed E-state index contributed by atoms with van der Waals surface area (Å²) in [6, 6.07) is 13.0. The SMILES string of the molecule is CNC(Cc1ccc(F)cc1)c1ccc(OC)cc1C. The van der Waals surface area contributed by atoms with Crippen molar-refractivity contribution in [3.63, 3.8) is 0 Å². The zero-order chi connectivity index (χ0) is 14.5. The van der Waals surface area contributed by atoms with Crippen molar-refractivity contribution in [2.75, 3.05) is 14.2 Å². The van der Waals surface area contributed by atoms with E-state index in [-0.39, 0.29) is 11.9 Å². The molecule has 2 nitrogen and oxygen atoms in total. The number of hydrogen-bond acceptors (Lipinski definition) is 2. The van der Waals surface area contributed by atoms with Crippen molar-refractivity contribution in [2.45, 2.75) is 19.4 Å². The van der Waals surface area contributed by atoms with Gasteiger partial charge in [0.25, 0.3) is 0 Å². The molecule has 20 heavy (non-hydrogen) atoms. The first-order chi connectivity index (χ1) is 9.63. The van der Waals surface area contributed by atoms with Crippen LogP contribution in [0.1, 0.15) is 22.7 Å². The van der Waals surface area contributed by atoms with Crippen molar-refractivity contribution in [2.24, 2.45) is 0 Å². The maximum atomic E-state index is 12.9. The Balaban J connectivity index is 2.21. The first kappa shape index (κ1) is 14.5. The lowest BCUT2D eigenvalue weighted by Gasteiger charge is -2.19. The molecule has 2 aromatic rings. The fourth-order valence-electron chi connectivity index (χ4n) is 2.39. The molecule has 106 valence electrons. The van der Waals surface area contributed by atoms with Crippen molar-refractivity contribution in [1.82, 2.24) is 5.32 Å².